The molecular formula is C27H23FN6O3. The fourth-order valence-corrected chi connectivity index (χ4v) is 4.05. The number of pyridine rings is 1. The Kier molecular flexibility index (Phi) is 6.71. The molecule has 1 N–H and O–H groups in total. The number of carbonyl (C=O) groups excluding carboxylic acids is 2. The summed E-state index contributed by atoms with van der Waals surface area (Å²) in [6, 6.07) is 17.3. The first-order valence-corrected chi connectivity index (χ1v) is 11.6. The van der Waals surface area contributed by atoms with Crippen molar-refractivity contribution in [1.82, 2.24) is 25.3 Å². The van der Waals surface area contributed by atoms with E-state index in [1.807, 2.05) is 12.1 Å². The molecule has 37 heavy (non-hydrogen) atoms. The summed E-state index contributed by atoms with van der Waals surface area (Å²) in [4.78, 5) is 32.9. The van der Waals surface area contributed by atoms with Crippen LogP contribution in [0, 0.1) is 12.7 Å². The summed E-state index contributed by atoms with van der Waals surface area (Å²) in [5, 5.41) is 11.0. The molecule has 0 spiro atoms. The van der Waals surface area contributed by atoms with Crippen molar-refractivity contribution < 1.29 is 18.4 Å². The minimum atomic E-state index is -1.15. The van der Waals surface area contributed by atoms with E-state index in [1.54, 1.807) is 61.7 Å². The van der Waals surface area contributed by atoms with Crippen molar-refractivity contribution >= 4 is 28.5 Å². The third kappa shape index (κ3) is 5.08. The van der Waals surface area contributed by atoms with Gasteiger partial charge >= 0.3 is 0 Å². The molecule has 3 aromatic heterocycles. The molecule has 10 heteroatoms. The van der Waals surface area contributed by atoms with Gasteiger partial charge in [-0.25, -0.2) is 9.07 Å². The van der Waals surface area contributed by atoms with Crippen LogP contribution in [-0.2, 0) is 22.7 Å². The van der Waals surface area contributed by atoms with Crippen LogP contribution >= 0.6 is 0 Å². The van der Waals surface area contributed by atoms with Gasteiger partial charge in [0.2, 0.25) is 11.8 Å². The van der Waals surface area contributed by atoms with Gasteiger partial charge < -0.3 is 9.73 Å². The Bertz CT molecular complexity index is 1530. The number of carbonyl (C=O) groups is 2. The molecule has 0 aliphatic rings. The molecule has 9 nitrogen and oxygen atoms in total. The van der Waals surface area contributed by atoms with E-state index in [2.05, 4.69) is 20.6 Å². The van der Waals surface area contributed by atoms with Crippen LogP contribution in [0.25, 0.3) is 11.0 Å². The zero-order chi connectivity index (χ0) is 25.8. The Hall–Kier alpha value is -4.86. The van der Waals surface area contributed by atoms with Gasteiger partial charge in [-0.1, -0.05) is 29.5 Å². The van der Waals surface area contributed by atoms with Crippen molar-refractivity contribution in [3.8, 4) is 0 Å². The molecule has 0 radical (unpaired) electrons. The van der Waals surface area contributed by atoms with Crippen LogP contribution in [0.4, 0.5) is 10.1 Å². The van der Waals surface area contributed by atoms with E-state index in [-0.39, 0.29) is 18.8 Å². The molecule has 5 aromatic rings. The van der Waals surface area contributed by atoms with Crippen molar-refractivity contribution in [3.63, 3.8) is 0 Å². The first kappa shape index (κ1) is 23.9. The lowest BCUT2D eigenvalue weighted by atomic mass is 10.0. The summed E-state index contributed by atoms with van der Waals surface area (Å²) >= 11 is 0. The minimum absolute atomic E-state index is 0.112. The molecule has 186 valence electrons. The van der Waals surface area contributed by atoms with Gasteiger partial charge in [0, 0.05) is 23.6 Å². The second-order valence-corrected chi connectivity index (χ2v) is 8.42. The van der Waals surface area contributed by atoms with Crippen molar-refractivity contribution in [1.29, 1.82) is 0 Å². The normalized spacial score (nSPS) is 11.8. The number of fused-ring (bicyclic) bond motifs is 1. The SMILES string of the molecule is Cc1ccc(N(C(=O)Cn2nnc3ccccc32)[C@H](C(=O)NCc2ccco2)c2cccnc2)cc1F. The zero-order valence-corrected chi connectivity index (χ0v) is 19.9. The summed E-state index contributed by atoms with van der Waals surface area (Å²) in [5.41, 5.74) is 2.38. The van der Waals surface area contributed by atoms with Crippen LogP contribution in [0.3, 0.4) is 0 Å². The molecule has 2 amide bonds. The Morgan fingerprint density at radius 2 is 1.97 bits per heavy atom. The number of hydrogen-bond acceptors (Lipinski definition) is 6. The number of amides is 2. The summed E-state index contributed by atoms with van der Waals surface area (Å²) in [6.45, 7) is 1.51. The van der Waals surface area contributed by atoms with Crippen molar-refractivity contribution in [2.75, 3.05) is 4.90 Å². The fraction of sp³-hybridized carbons (Fsp3) is 0.148. The van der Waals surface area contributed by atoms with Crippen molar-refractivity contribution in [2.45, 2.75) is 26.1 Å². The number of nitrogens with one attached hydrogen (secondary N) is 1. The number of nitrogens with zero attached hydrogens (tertiary/aromatic N) is 5. The first-order chi connectivity index (χ1) is 18.0. The van der Waals surface area contributed by atoms with E-state index in [1.165, 1.54) is 28.1 Å². The first-order valence-electron chi connectivity index (χ1n) is 11.6. The van der Waals surface area contributed by atoms with Crippen LogP contribution < -0.4 is 10.2 Å². The minimum Gasteiger partial charge on any atom is -0.467 e. The number of para-hydroxylation sites is 1. The number of furan rings is 1. The predicted octanol–water partition coefficient (Wildman–Crippen LogP) is 3.96. The van der Waals surface area contributed by atoms with Gasteiger partial charge in [0.05, 0.1) is 18.3 Å². The molecule has 0 saturated carbocycles. The Balaban J connectivity index is 1.56. The largest absolute Gasteiger partial charge is 0.467 e. The molecule has 0 bridgehead atoms. The number of benzene rings is 2. The van der Waals surface area contributed by atoms with E-state index in [0.717, 1.165) is 0 Å². The molecule has 0 aliphatic heterocycles. The van der Waals surface area contributed by atoms with Crippen LogP contribution in [-0.4, -0.2) is 31.8 Å². The monoisotopic (exact) mass is 498 g/mol. The van der Waals surface area contributed by atoms with E-state index >= 15 is 0 Å². The van der Waals surface area contributed by atoms with Gasteiger partial charge in [0.1, 0.15) is 29.7 Å². The highest BCUT2D eigenvalue weighted by Gasteiger charge is 2.34. The van der Waals surface area contributed by atoms with Crippen molar-refractivity contribution in [3.05, 3.63) is 108 Å². The fourth-order valence-electron chi connectivity index (χ4n) is 4.05. The second-order valence-electron chi connectivity index (χ2n) is 8.42. The van der Waals surface area contributed by atoms with Gasteiger partial charge in [-0.2, -0.15) is 0 Å². The number of anilines is 1. The van der Waals surface area contributed by atoms with Gasteiger partial charge in [-0.3, -0.25) is 19.5 Å². The Labute approximate surface area is 211 Å². The lowest BCUT2D eigenvalue weighted by Crippen LogP contribution is -2.45. The zero-order valence-electron chi connectivity index (χ0n) is 19.9. The lowest BCUT2D eigenvalue weighted by Gasteiger charge is -2.31. The van der Waals surface area contributed by atoms with E-state index < -0.39 is 23.7 Å². The van der Waals surface area contributed by atoms with Crippen LogP contribution in [0.15, 0.2) is 89.8 Å². The molecule has 0 unspecified atom stereocenters. The Morgan fingerprint density at radius 3 is 2.73 bits per heavy atom. The van der Waals surface area contributed by atoms with Gasteiger partial charge in [-0.15, -0.1) is 5.10 Å². The number of halogens is 1. The summed E-state index contributed by atoms with van der Waals surface area (Å²) in [7, 11) is 0. The summed E-state index contributed by atoms with van der Waals surface area (Å²) in [5.74, 6) is -0.919. The maximum atomic E-state index is 14.7. The second kappa shape index (κ2) is 10.4. The smallest absolute Gasteiger partial charge is 0.249 e. The molecule has 3 heterocycles. The maximum Gasteiger partial charge on any atom is 0.249 e. The number of aromatic nitrogens is 4. The van der Waals surface area contributed by atoms with Crippen LogP contribution in [0.1, 0.15) is 22.9 Å². The maximum absolute atomic E-state index is 14.7. The lowest BCUT2D eigenvalue weighted by molar-refractivity contribution is -0.127. The average molecular weight is 499 g/mol. The van der Waals surface area contributed by atoms with Gasteiger partial charge in [0.25, 0.3) is 0 Å². The Morgan fingerprint density at radius 1 is 1.11 bits per heavy atom. The standard InChI is InChI=1S/C27H23FN6O3/c1-18-10-11-20(14-22(18)28)34(25(35)17-33-24-9-3-2-8-23(24)31-32-33)26(19-6-4-12-29-15-19)27(36)30-16-21-7-5-13-37-21/h2-15,26H,16-17H2,1H3,(H,30,36)/t26-/m0/s1. The molecular weight excluding hydrogens is 475 g/mol. The molecule has 1 atom stereocenters. The third-order valence-corrected chi connectivity index (χ3v) is 5.93. The van der Waals surface area contributed by atoms with Gasteiger partial charge in [-0.05, 0) is 55.0 Å². The number of rotatable bonds is 8. The highest BCUT2D eigenvalue weighted by molar-refractivity contribution is 6.01. The number of aryl methyl sites for hydroxylation is 1. The van der Waals surface area contributed by atoms with E-state index in [9.17, 15) is 14.0 Å². The van der Waals surface area contributed by atoms with E-state index in [4.69, 9.17) is 4.42 Å². The molecule has 0 saturated heterocycles. The van der Waals surface area contributed by atoms with Crippen molar-refractivity contribution in [2.24, 2.45) is 0 Å². The molecule has 5 rings (SSSR count). The van der Waals surface area contributed by atoms with E-state index in [0.29, 0.717) is 27.9 Å². The average Bonchev–Trinajstić information content (AvgIpc) is 3.58. The highest BCUT2D eigenvalue weighted by atomic mass is 19.1. The van der Waals surface area contributed by atoms with Crippen LogP contribution in [0.5, 0.6) is 0 Å². The highest BCUT2D eigenvalue weighted by Crippen LogP contribution is 2.30. The summed E-state index contributed by atoms with van der Waals surface area (Å²) in [6.07, 6.45) is 4.58. The molecule has 2 aromatic carbocycles. The summed E-state index contributed by atoms with van der Waals surface area (Å²) < 4.78 is 21.5. The third-order valence-electron chi connectivity index (χ3n) is 5.93. The topological polar surface area (TPSA) is 106 Å². The van der Waals surface area contributed by atoms with Crippen LogP contribution in [0.2, 0.25) is 0 Å². The van der Waals surface area contributed by atoms with Gasteiger partial charge in [0.15, 0.2) is 0 Å². The number of hydrogen-bond donors (Lipinski definition) is 1. The molecule has 0 fully saturated rings. The molecule has 0 aliphatic carbocycles. The quantitative estimate of drug-likeness (QED) is 0.347. The predicted molar refractivity (Wildman–Crippen MR) is 134 cm³/mol.